The number of aryl methyl sites for hydroxylation is 1. The minimum Gasteiger partial charge on any atom is -0.496 e. The molecule has 3 aromatic rings. The normalized spacial score (nSPS) is 15.1. The predicted molar refractivity (Wildman–Crippen MR) is 131 cm³/mol. The summed E-state index contributed by atoms with van der Waals surface area (Å²) >= 11 is 0. The van der Waals surface area contributed by atoms with Crippen LogP contribution in [0.3, 0.4) is 0 Å². The number of para-hydroxylation sites is 1. The standard InChI is InChI=1S/C28H29F3N2O2/c1-20-10-12-23(13-11-20)33(27(34)25-8-3-4-9-26(25)35-2)24-14-16-32(17-15-24)19-21-6-5-7-22(18-21)28(29,30)31/h3-13,18,24H,14-17,19H2,1-2H3. The lowest BCUT2D eigenvalue weighted by molar-refractivity contribution is -0.137. The third kappa shape index (κ3) is 5.85. The fraction of sp³-hybridized carbons (Fsp3) is 0.321. The Labute approximate surface area is 203 Å². The maximum atomic E-state index is 13.7. The molecule has 7 heteroatoms. The molecule has 0 bridgehead atoms. The summed E-state index contributed by atoms with van der Waals surface area (Å²) in [6.45, 7) is 3.81. The summed E-state index contributed by atoms with van der Waals surface area (Å²) in [6, 6.07) is 20.5. The number of alkyl halides is 3. The first kappa shape index (κ1) is 24.8. The number of nitrogens with zero attached hydrogens (tertiary/aromatic N) is 2. The number of carbonyl (C=O) groups excluding carboxylic acids is 1. The van der Waals surface area contributed by atoms with Gasteiger partial charge in [-0.25, -0.2) is 0 Å². The van der Waals surface area contributed by atoms with E-state index in [0.29, 0.717) is 49.4 Å². The number of piperidine rings is 1. The predicted octanol–water partition coefficient (Wildman–Crippen LogP) is 6.33. The van der Waals surface area contributed by atoms with Crippen LogP contribution in [0.2, 0.25) is 0 Å². The quantitative estimate of drug-likeness (QED) is 0.411. The average molecular weight is 483 g/mol. The Morgan fingerprint density at radius 3 is 2.34 bits per heavy atom. The van der Waals surface area contributed by atoms with Crippen molar-refractivity contribution in [2.75, 3.05) is 25.1 Å². The molecule has 1 aliphatic heterocycles. The fourth-order valence-corrected chi connectivity index (χ4v) is 4.59. The highest BCUT2D eigenvalue weighted by molar-refractivity contribution is 6.08. The van der Waals surface area contributed by atoms with Gasteiger partial charge in [0.15, 0.2) is 0 Å². The van der Waals surface area contributed by atoms with Crippen LogP contribution in [-0.2, 0) is 12.7 Å². The molecule has 0 saturated carbocycles. The van der Waals surface area contributed by atoms with E-state index in [2.05, 4.69) is 4.90 Å². The summed E-state index contributed by atoms with van der Waals surface area (Å²) in [5, 5.41) is 0. The van der Waals surface area contributed by atoms with Gasteiger partial charge >= 0.3 is 6.18 Å². The number of benzene rings is 3. The van der Waals surface area contributed by atoms with Crippen LogP contribution in [-0.4, -0.2) is 37.0 Å². The summed E-state index contributed by atoms with van der Waals surface area (Å²) < 4.78 is 44.7. The van der Waals surface area contributed by atoms with Crippen molar-refractivity contribution < 1.29 is 22.7 Å². The van der Waals surface area contributed by atoms with Crippen molar-refractivity contribution >= 4 is 11.6 Å². The van der Waals surface area contributed by atoms with Crippen LogP contribution in [0.25, 0.3) is 0 Å². The van der Waals surface area contributed by atoms with E-state index in [1.807, 2.05) is 48.2 Å². The highest BCUT2D eigenvalue weighted by atomic mass is 19.4. The Kier molecular flexibility index (Phi) is 7.45. The largest absolute Gasteiger partial charge is 0.496 e. The van der Waals surface area contributed by atoms with E-state index in [-0.39, 0.29) is 11.9 Å². The van der Waals surface area contributed by atoms with E-state index >= 15 is 0 Å². The molecule has 0 aliphatic carbocycles. The Morgan fingerprint density at radius 1 is 1.00 bits per heavy atom. The number of amides is 1. The Bertz CT molecular complexity index is 1150. The first-order chi connectivity index (χ1) is 16.8. The SMILES string of the molecule is COc1ccccc1C(=O)N(c1ccc(C)cc1)C1CCN(Cc2cccc(C(F)(F)F)c2)CC1. The number of likely N-dealkylation sites (tertiary alicyclic amines) is 1. The summed E-state index contributed by atoms with van der Waals surface area (Å²) in [7, 11) is 1.55. The molecule has 0 aromatic heterocycles. The average Bonchev–Trinajstić information content (AvgIpc) is 2.86. The Hall–Kier alpha value is -3.32. The van der Waals surface area contributed by atoms with Crippen LogP contribution in [0.4, 0.5) is 18.9 Å². The van der Waals surface area contributed by atoms with Gasteiger partial charge in [0.1, 0.15) is 5.75 Å². The molecule has 0 radical (unpaired) electrons. The highest BCUT2D eigenvalue weighted by Gasteiger charge is 2.32. The summed E-state index contributed by atoms with van der Waals surface area (Å²) in [5.41, 5.74) is 2.44. The molecular formula is C28H29F3N2O2. The van der Waals surface area contributed by atoms with Crippen molar-refractivity contribution in [2.24, 2.45) is 0 Å². The van der Waals surface area contributed by atoms with Gasteiger partial charge < -0.3 is 9.64 Å². The molecule has 0 N–H and O–H groups in total. The first-order valence-corrected chi connectivity index (χ1v) is 11.7. The second-order valence-electron chi connectivity index (χ2n) is 8.92. The molecular weight excluding hydrogens is 453 g/mol. The zero-order chi connectivity index (χ0) is 25.0. The molecule has 35 heavy (non-hydrogen) atoms. The number of ether oxygens (including phenoxy) is 1. The van der Waals surface area contributed by atoms with Crippen molar-refractivity contribution in [2.45, 2.75) is 38.5 Å². The molecule has 0 unspecified atom stereocenters. The van der Waals surface area contributed by atoms with E-state index in [1.165, 1.54) is 12.1 Å². The monoisotopic (exact) mass is 482 g/mol. The molecule has 3 aromatic carbocycles. The highest BCUT2D eigenvalue weighted by Crippen LogP contribution is 2.31. The zero-order valence-corrected chi connectivity index (χ0v) is 19.9. The maximum Gasteiger partial charge on any atom is 0.416 e. The third-order valence-electron chi connectivity index (χ3n) is 6.45. The Morgan fingerprint density at radius 2 is 1.69 bits per heavy atom. The maximum absolute atomic E-state index is 13.7. The van der Waals surface area contributed by atoms with Gasteiger partial charge in [0.05, 0.1) is 18.2 Å². The lowest BCUT2D eigenvalue weighted by Crippen LogP contribution is -2.47. The molecule has 0 spiro atoms. The van der Waals surface area contributed by atoms with E-state index in [0.717, 1.165) is 17.3 Å². The van der Waals surface area contributed by atoms with Crippen LogP contribution in [0.5, 0.6) is 5.75 Å². The zero-order valence-electron chi connectivity index (χ0n) is 19.9. The summed E-state index contributed by atoms with van der Waals surface area (Å²) in [6.07, 6.45) is -2.92. The third-order valence-corrected chi connectivity index (χ3v) is 6.45. The van der Waals surface area contributed by atoms with Gasteiger partial charge in [-0.15, -0.1) is 0 Å². The van der Waals surface area contributed by atoms with Crippen LogP contribution >= 0.6 is 0 Å². The number of rotatable bonds is 6. The topological polar surface area (TPSA) is 32.8 Å². The van der Waals surface area contributed by atoms with Crippen molar-refractivity contribution in [1.29, 1.82) is 0 Å². The number of carbonyl (C=O) groups is 1. The fourth-order valence-electron chi connectivity index (χ4n) is 4.59. The second-order valence-corrected chi connectivity index (χ2v) is 8.92. The van der Waals surface area contributed by atoms with Crippen molar-refractivity contribution in [3.63, 3.8) is 0 Å². The lowest BCUT2D eigenvalue weighted by Gasteiger charge is -2.39. The van der Waals surface area contributed by atoms with Crippen molar-refractivity contribution in [3.05, 3.63) is 95.1 Å². The van der Waals surface area contributed by atoms with Gasteiger partial charge in [-0.1, -0.05) is 48.0 Å². The Balaban J connectivity index is 1.52. The van der Waals surface area contributed by atoms with E-state index in [9.17, 15) is 18.0 Å². The number of hydrogen-bond acceptors (Lipinski definition) is 3. The molecule has 4 nitrogen and oxygen atoms in total. The van der Waals surface area contributed by atoms with Crippen LogP contribution < -0.4 is 9.64 Å². The van der Waals surface area contributed by atoms with Crippen LogP contribution in [0.1, 0.15) is 39.9 Å². The number of anilines is 1. The van der Waals surface area contributed by atoms with Gasteiger partial charge in [-0.3, -0.25) is 9.69 Å². The molecule has 1 fully saturated rings. The van der Waals surface area contributed by atoms with Gasteiger partial charge in [0.2, 0.25) is 0 Å². The molecule has 1 aliphatic rings. The lowest BCUT2D eigenvalue weighted by atomic mass is 9.99. The number of methoxy groups -OCH3 is 1. The molecule has 1 heterocycles. The molecule has 1 saturated heterocycles. The van der Waals surface area contributed by atoms with Crippen molar-refractivity contribution in [1.82, 2.24) is 4.90 Å². The van der Waals surface area contributed by atoms with E-state index in [1.54, 1.807) is 25.3 Å². The second kappa shape index (κ2) is 10.5. The molecule has 0 atom stereocenters. The minimum absolute atomic E-state index is 0.0344. The van der Waals surface area contributed by atoms with Crippen LogP contribution in [0.15, 0.2) is 72.8 Å². The molecule has 184 valence electrons. The van der Waals surface area contributed by atoms with Crippen molar-refractivity contribution in [3.8, 4) is 5.75 Å². The smallest absolute Gasteiger partial charge is 0.416 e. The summed E-state index contributed by atoms with van der Waals surface area (Å²) in [4.78, 5) is 17.7. The van der Waals surface area contributed by atoms with Gasteiger partial charge in [0.25, 0.3) is 5.91 Å². The van der Waals surface area contributed by atoms with Crippen LogP contribution in [0, 0.1) is 6.92 Å². The minimum atomic E-state index is -4.35. The summed E-state index contributed by atoms with van der Waals surface area (Å²) in [5.74, 6) is 0.402. The molecule has 4 rings (SSSR count). The van der Waals surface area contributed by atoms with E-state index in [4.69, 9.17) is 4.74 Å². The number of halogens is 3. The van der Waals surface area contributed by atoms with E-state index < -0.39 is 11.7 Å². The molecule has 1 amide bonds. The van der Waals surface area contributed by atoms with Gasteiger partial charge in [-0.2, -0.15) is 13.2 Å². The van der Waals surface area contributed by atoms with Gasteiger partial charge in [0, 0.05) is 31.4 Å². The van der Waals surface area contributed by atoms with Gasteiger partial charge in [-0.05, 0) is 55.7 Å². The number of hydrogen-bond donors (Lipinski definition) is 0. The first-order valence-electron chi connectivity index (χ1n) is 11.7.